The van der Waals surface area contributed by atoms with E-state index in [0.717, 1.165) is 10.2 Å². The minimum absolute atomic E-state index is 0.229. The molecule has 1 aromatic carbocycles. The van der Waals surface area contributed by atoms with E-state index in [1.165, 1.54) is 16.9 Å². The molecule has 0 aliphatic rings. The molecule has 23 heavy (non-hydrogen) atoms. The third-order valence-corrected chi connectivity index (χ3v) is 4.60. The van der Waals surface area contributed by atoms with Crippen molar-refractivity contribution in [1.82, 2.24) is 14.8 Å². The Balaban J connectivity index is 1.81. The summed E-state index contributed by atoms with van der Waals surface area (Å²) in [5, 5.41) is 7.72. The van der Waals surface area contributed by atoms with Crippen LogP contribution in [0.1, 0.15) is 55.7 Å². The van der Waals surface area contributed by atoms with Crippen molar-refractivity contribution in [2.75, 3.05) is 5.32 Å². The van der Waals surface area contributed by atoms with Gasteiger partial charge in [0.1, 0.15) is 0 Å². The van der Waals surface area contributed by atoms with Gasteiger partial charge in [0.25, 0.3) is 5.91 Å². The molecular formula is C17H20N4OS. The van der Waals surface area contributed by atoms with Crippen molar-refractivity contribution in [1.29, 1.82) is 0 Å². The van der Waals surface area contributed by atoms with E-state index in [0.29, 0.717) is 16.7 Å². The third kappa shape index (κ3) is 3.27. The van der Waals surface area contributed by atoms with Crippen molar-refractivity contribution >= 4 is 32.6 Å². The molecule has 120 valence electrons. The minimum atomic E-state index is -0.229. The summed E-state index contributed by atoms with van der Waals surface area (Å²) in [7, 11) is 0. The Kier molecular flexibility index (Phi) is 4.17. The summed E-state index contributed by atoms with van der Waals surface area (Å²) >= 11 is 1.49. The molecule has 0 aliphatic heterocycles. The van der Waals surface area contributed by atoms with E-state index < -0.39 is 0 Å². The quantitative estimate of drug-likeness (QED) is 0.769. The number of rotatable bonds is 4. The number of nitrogens with zero attached hydrogens (tertiary/aromatic N) is 3. The Morgan fingerprint density at radius 3 is 2.65 bits per heavy atom. The molecule has 3 aromatic rings. The normalized spacial score (nSPS) is 11.6. The zero-order valence-corrected chi connectivity index (χ0v) is 14.5. The van der Waals surface area contributed by atoms with Crippen molar-refractivity contribution < 1.29 is 4.79 Å². The molecule has 2 aromatic heterocycles. The number of benzene rings is 1. The molecule has 0 unspecified atom stereocenters. The summed E-state index contributed by atoms with van der Waals surface area (Å²) in [6.45, 7) is 8.37. The van der Waals surface area contributed by atoms with Crippen LogP contribution in [0.15, 0.2) is 30.5 Å². The van der Waals surface area contributed by atoms with Crippen LogP contribution >= 0.6 is 11.3 Å². The summed E-state index contributed by atoms with van der Waals surface area (Å²) < 4.78 is 2.85. The van der Waals surface area contributed by atoms with Gasteiger partial charge in [-0.05, 0) is 43.5 Å². The predicted octanol–water partition coefficient (Wildman–Crippen LogP) is 4.45. The van der Waals surface area contributed by atoms with Crippen molar-refractivity contribution in [2.24, 2.45) is 0 Å². The second kappa shape index (κ2) is 6.12. The van der Waals surface area contributed by atoms with Crippen LogP contribution in [-0.2, 0) is 0 Å². The van der Waals surface area contributed by atoms with E-state index >= 15 is 0 Å². The number of fused-ring (bicyclic) bond motifs is 1. The molecule has 0 atom stereocenters. The van der Waals surface area contributed by atoms with Crippen LogP contribution in [0, 0.1) is 0 Å². The van der Waals surface area contributed by atoms with Crippen molar-refractivity contribution in [3.63, 3.8) is 0 Å². The van der Waals surface area contributed by atoms with Gasteiger partial charge in [-0.25, -0.2) is 4.98 Å². The zero-order valence-electron chi connectivity index (χ0n) is 13.7. The minimum Gasteiger partial charge on any atom is -0.296 e. The molecule has 0 spiro atoms. The average Bonchev–Trinajstić information content (AvgIpc) is 3.12. The Bertz CT molecular complexity index is 847. The first-order chi connectivity index (χ1) is 10.9. The number of carbonyl (C=O) groups excluding carboxylic acids is 1. The van der Waals surface area contributed by atoms with E-state index in [1.54, 1.807) is 10.7 Å². The lowest BCUT2D eigenvalue weighted by atomic mass is 10.0. The molecular weight excluding hydrogens is 308 g/mol. The van der Waals surface area contributed by atoms with Gasteiger partial charge in [0.15, 0.2) is 10.8 Å². The number of nitrogens with one attached hydrogen (secondary N) is 1. The Hall–Kier alpha value is -2.21. The van der Waals surface area contributed by atoms with Crippen LogP contribution < -0.4 is 5.32 Å². The maximum absolute atomic E-state index is 12.3. The largest absolute Gasteiger partial charge is 0.296 e. The lowest BCUT2D eigenvalue weighted by molar-refractivity contribution is 0.102. The van der Waals surface area contributed by atoms with E-state index in [2.05, 4.69) is 41.4 Å². The van der Waals surface area contributed by atoms with Gasteiger partial charge in [-0.15, -0.1) is 0 Å². The first kappa shape index (κ1) is 15.7. The second-order valence-electron chi connectivity index (χ2n) is 6.13. The second-order valence-corrected chi connectivity index (χ2v) is 7.16. The van der Waals surface area contributed by atoms with E-state index in [1.807, 2.05) is 26.1 Å². The first-order valence-corrected chi connectivity index (χ1v) is 8.52. The van der Waals surface area contributed by atoms with Gasteiger partial charge in [0, 0.05) is 12.2 Å². The maximum atomic E-state index is 12.3. The highest BCUT2D eigenvalue weighted by Gasteiger charge is 2.14. The molecule has 1 amide bonds. The summed E-state index contributed by atoms with van der Waals surface area (Å²) in [6.07, 6.45) is 1.81. The molecule has 0 saturated heterocycles. The fourth-order valence-corrected chi connectivity index (χ4v) is 3.17. The van der Waals surface area contributed by atoms with Crippen LogP contribution in [-0.4, -0.2) is 20.7 Å². The van der Waals surface area contributed by atoms with Gasteiger partial charge >= 0.3 is 0 Å². The average molecular weight is 328 g/mol. The fourth-order valence-electron chi connectivity index (χ4n) is 2.26. The van der Waals surface area contributed by atoms with E-state index in [4.69, 9.17) is 0 Å². The van der Waals surface area contributed by atoms with Crippen LogP contribution in [0.4, 0.5) is 5.13 Å². The van der Waals surface area contributed by atoms with Crippen LogP contribution in [0.3, 0.4) is 0 Å². The number of hydrogen-bond acceptors (Lipinski definition) is 4. The number of thiazole rings is 1. The molecule has 0 aliphatic carbocycles. The Morgan fingerprint density at radius 1 is 1.22 bits per heavy atom. The van der Waals surface area contributed by atoms with Gasteiger partial charge in [-0.3, -0.25) is 14.8 Å². The molecule has 0 bridgehead atoms. The number of aromatic nitrogens is 3. The lowest BCUT2D eigenvalue weighted by Gasteiger charge is -2.03. The summed E-state index contributed by atoms with van der Waals surface area (Å²) in [4.78, 5) is 16.8. The molecule has 3 rings (SSSR count). The topological polar surface area (TPSA) is 59.8 Å². The number of amides is 1. The van der Waals surface area contributed by atoms with Crippen molar-refractivity contribution in [2.45, 2.75) is 39.7 Å². The van der Waals surface area contributed by atoms with Crippen LogP contribution in [0.5, 0.6) is 0 Å². The standard InChI is InChI=1S/C17H20N4OS/c1-10(2)12-5-6-13-15(9-12)23-17(18-13)19-16(22)14-7-8-21(20-14)11(3)4/h5-11H,1-4H3,(H,18,19,22). The fraction of sp³-hybridized carbons (Fsp3) is 0.353. The van der Waals surface area contributed by atoms with Gasteiger partial charge in [0.2, 0.25) is 0 Å². The third-order valence-electron chi connectivity index (χ3n) is 3.67. The highest BCUT2D eigenvalue weighted by molar-refractivity contribution is 7.22. The predicted molar refractivity (Wildman–Crippen MR) is 94.3 cm³/mol. The molecule has 0 radical (unpaired) electrons. The first-order valence-electron chi connectivity index (χ1n) is 7.71. The lowest BCUT2D eigenvalue weighted by Crippen LogP contribution is -2.13. The summed E-state index contributed by atoms with van der Waals surface area (Å²) in [5.41, 5.74) is 2.58. The number of carbonyl (C=O) groups is 1. The summed E-state index contributed by atoms with van der Waals surface area (Å²) in [5.74, 6) is 0.243. The van der Waals surface area contributed by atoms with Gasteiger partial charge in [-0.2, -0.15) is 5.10 Å². The van der Waals surface area contributed by atoms with Crippen LogP contribution in [0.2, 0.25) is 0 Å². The van der Waals surface area contributed by atoms with Crippen molar-refractivity contribution in [3.8, 4) is 0 Å². The Morgan fingerprint density at radius 2 is 2.00 bits per heavy atom. The van der Waals surface area contributed by atoms with E-state index in [-0.39, 0.29) is 11.9 Å². The summed E-state index contributed by atoms with van der Waals surface area (Å²) in [6, 6.07) is 8.18. The molecule has 2 heterocycles. The zero-order chi connectivity index (χ0) is 16.6. The Labute approximate surface area is 139 Å². The highest BCUT2D eigenvalue weighted by Crippen LogP contribution is 2.29. The van der Waals surface area contributed by atoms with Crippen LogP contribution in [0.25, 0.3) is 10.2 Å². The molecule has 5 nitrogen and oxygen atoms in total. The van der Waals surface area contributed by atoms with E-state index in [9.17, 15) is 4.79 Å². The molecule has 0 fully saturated rings. The molecule has 6 heteroatoms. The smallest absolute Gasteiger partial charge is 0.277 e. The SMILES string of the molecule is CC(C)c1ccc2nc(NC(=O)c3ccn(C(C)C)n3)sc2c1. The molecule has 1 N–H and O–H groups in total. The maximum Gasteiger partial charge on any atom is 0.277 e. The van der Waals surface area contributed by atoms with Gasteiger partial charge < -0.3 is 0 Å². The van der Waals surface area contributed by atoms with Gasteiger partial charge in [0.05, 0.1) is 10.2 Å². The van der Waals surface area contributed by atoms with Gasteiger partial charge in [-0.1, -0.05) is 31.3 Å². The number of hydrogen-bond donors (Lipinski definition) is 1. The van der Waals surface area contributed by atoms with Crippen molar-refractivity contribution in [3.05, 3.63) is 41.7 Å². The molecule has 0 saturated carbocycles. The monoisotopic (exact) mass is 328 g/mol. The highest BCUT2D eigenvalue weighted by atomic mass is 32.1. The number of anilines is 1.